The second-order valence-corrected chi connectivity index (χ2v) is 4.64. The van der Waals surface area contributed by atoms with Gasteiger partial charge < -0.3 is 9.13 Å². The van der Waals surface area contributed by atoms with Crippen molar-refractivity contribution in [2.75, 3.05) is 0 Å². The first kappa shape index (κ1) is 11.7. The highest BCUT2D eigenvalue weighted by atomic mass is 19.1. The minimum absolute atomic E-state index is 0.0161. The molecule has 0 spiro atoms. The van der Waals surface area contributed by atoms with Crippen molar-refractivity contribution in [1.29, 1.82) is 0 Å². The molecule has 0 amide bonds. The van der Waals surface area contributed by atoms with E-state index in [0.717, 1.165) is 10.9 Å². The lowest BCUT2D eigenvalue weighted by molar-refractivity contribution is 0.0973. The predicted octanol–water partition coefficient (Wildman–Crippen LogP) is 3.00. The van der Waals surface area contributed by atoms with Gasteiger partial charge in [0.15, 0.2) is 5.78 Å². The topological polar surface area (TPSA) is 26.9 Å². The second kappa shape index (κ2) is 4.39. The van der Waals surface area contributed by atoms with Crippen LogP contribution in [0.1, 0.15) is 10.4 Å². The minimum Gasteiger partial charge on any atom is -0.357 e. The Morgan fingerprint density at radius 3 is 2.79 bits per heavy atom. The van der Waals surface area contributed by atoms with Crippen molar-refractivity contribution < 1.29 is 9.18 Å². The van der Waals surface area contributed by atoms with Gasteiger partial charge in [-0.1, -0.05) is 0 Å². The lowest BCUT2D eigenvalue weighted by Crippen LogP contribution is -2.08. The number of carbonyl (C=O) groups is 1. The van der Waals surface area contributed by atoms with Crippen LogP contribution >= 0.6 is 0 Å². The van der Waals surface area contributed by atoms with Crippen molar-refractivity contribution in [3.63, 3.8) is 0 Å². The number of hydrogen-bond acceptors (Lipinski definition) is 1. The van der Waals surface area contributed by atoms with Crippen LogP contribution in [0.5, 0.6) is 0 Å². The quantitative estimate of drug-likeness (QED) is 0.662. The SMILES string of the molecule is Cn1ccc(C(=O)Cn2ccc3ccc(F)cc32)c1. The van der Waals surface area contributed by atoms with Gasteiger partial charge in [0.25, 0.3) is 0 Å². The van der Waals surface area contributed by atoms with Gasteiger partial charge in [-0.15, -0.1) is 0 Å². The largest absolute Gasteiger partial charge is 0.357 e. The number of carbonyl (C=O) groups excluding carboxylic acids is 1. The van der Waals surface area contributed by atoms with Gasteiger partial charge in [-0.25, -0.2) is 4.39 Å². The van der Waals surface area contributed by atoms with Crippen LogP contribution in [-0.4, -0.2) is 14.9 Å². The van der Waals surface area contributed by atoms with E-state index >= 15 is 0 Å². The fraction of sp³-hybridized carbons (Fsp3) is 0.133. The Bertz CT molecular complexity index is 754. The van der Waals surface area contributed by atoms with E-state index in [4.69, 9.17) is 0 Å². The summed E-state index contributed by atoms with van der Waals surface area (Å²) < 4.78 is 16.9. The minimum atomic E-state index is -0.292. The molecule has 0 unspecified atom stereocenters. The molecule has 2 heterocycles. The average molecular weight is 256 g/mol. The van der Waals surface area contributed by atoms with Gasteiger partial charge in [-0.05, 0) is 35.7 Å². The van der Waals surface area contributed by atoms with Gasteiger partial charge in [0.1, 0.15) is 5.82 Å². The highest BCUT2D eigenvalue weighted by Gasteiger charge is 2.10. The highest BCUT2D eigenvalue weighted by Crippen LogP contribution is 2.17. The molecule has 3 aromatic rings. The van der Waals surface area contributed by atoms with E-state index in [-0.39, 0.29) is 18.1 Å². The summed E-state index contributed by atoms with van der Waals surface area (Å²) in [5.41, 5.74) is 1.41. The van der Waals surface area contributed by atoms with Crippen LogP contribution in [0.2, 0.25) is 0 Å². The summed E-state index contributed by atoms with van der Waals surface area (Å²) in [6, 6.07) is 8.26. The van der Waals surface area contributed by atoms with Crippen LogP contribution in [-0.2, 0) is 13.6 Å². The first-order valence-electron chi connectivity index (χ1n) is 6.03. The summed E-state index contributed by atoms with van der Waals surface area (Å²) in [6.45, 7) is 0.219. The number of hydrogen-bond donors (Lipinski definition) is 0. The molecule has 0 saturated heterocycles. The van der Waals surface area contributed by atoms with Crippen LogP contribution in [0.3, 0.4) is 0 Å². The molecule has 0 atom stereocenters. The number of aryl methyl sites for hydroxylation is 1. The third-order valence-corrected chi connectivity index (χ3v) is 3.20. The van der Waals surface area contributed by atoms with Crippen molar-refractivity contribution in [2.45, 2.75) is 6.54 Å². The Hall–Kier alpha value is -2.36. The first-order chi connectivity index (χ1) is 9.13. The summed E-state index contributed by atoms with van der Waals surface area (Å²) in [5.74, 6) is -0.276. The second-order valence-electron chi connectivity index (χ2n) is 4.64. The van der Waals surface area contributed by atoms with Crippen molar-refractivity contribution >= 4 is 16.7 Å². The fourth-order valence-corrected chi connectivity index (χ4v) is 2.21. The Labute approximate surface area is 109 Å². The van der Waals surface area contributed by atoms with Crippen LogP contribution in [0.25, 0.3) is 10.9 Å². The Morgan fingerprint density at radius 2 is 2.05 bits per heavy atom. The maximum absolute atomic E-state index is 13.3. The smallest absolute Gasteiger partial charge is 0.184 e. The van der Waals surface area contributed by atoms with E-state index in [1.54, 1.807) is 22.9 Å². The highest BCUT2D eigenvalue weighted by molar-refractivity contribution is 5.96. The molecule has 1 aromatic carbocycles. The van der Waals surface area contributed by atoms with Gasteiger partial charge >= 0.3 is 0 Å². The number of aromatic nitrogens is 2. The number of fused-ring (bicyclic) bond motifs is 1. The summed E-state index contributed by atoms with van der Waals surface area (Å²) in [6.07, 6.45) is 5.43. The monoisotopic (exact) mass is 256 g/mol. The third kappa shape index (κ3) is 2.17. The van der Waals surface area contributed by atoms with E-state index < -0.39 is 0 Å². The number of rotatable bonds is 3. The van der Waals surface area contributed by atoms with Gasteiger partial charge in [-0.2, -0.15) is 0 Å². The normalized spacial score (nSPS) is 11.1. The maximum Gasteiger partial charge on any atom is 0.184 e. The van der Waals surface area contributed by atoms with Crippen LogP contribution in [0.15, 0.2) is 48.9 Å². The molecular weight excluding hydrogens is 243 g/mol. The first-order valence-corrected chi connectivity index (χ1v) is 6.03. The molecule has 0 radical (unpaired) electrons. The molecule has 0 bridgehead atoms. The van der Waals surface area contributed by atoms with E-state index in [1.165, 1.54) is 12.1 Å². The molecule has 4 heteroatoms. The number of nitrogens with zero attached hydrogens (tertiary/aromatic N) is 2. The van der Waals surface area contributed by atoms with Gasteiger partial charge in [0.2, 0.25) is 0 Å². The number of Topliss-reactive ketones (excluding diaryl/α,β-unsaturated/α-hetero) is 1. The van der Waals surface area contributed by atoms with Crippen LogP contribution in [0.4, 0.5) is 4.39 Å². The molecule has 0 fully saturated rings. The number of benzene rings is 1. The predicted molar refractivity (Wildman–Crippen MR) is 71.6 cm³/mol. The van der Waals surface area contributed by atoms with Crippen LogP contribution in [0, 0.1) is 5.82 Å². The Balaban J connectivity index is 1.93. The maximum atomic E-state index is 13.3. The van der Waals surface area contributed by atoms with Crippen molar-refractivity contribution in [3.8, 4) is 0 Å². The molecule has 0 aliphatic carbocycles. The molecule has 3 rings (SSSR count). The number of halogens is 1. The fourth-order valence-electron chi connectivity index (χ4n) is 2.21. The standard InChI is InChI=1S/C15H13FN2O/c1-17-6-4-12(9-17)15(19)10-18-7-5-11-2-3-13(16)8-14(11)18/h2-9H,10H2,1H3. The van der Waals surface area contributed by atoms with Gasteiger partial charge in [0.05, 0.1) is 12.1 Å². The summed E-state index contributed by atoms with van der Waals surface area (Å²) in [7, 11) is 1.87. The van der Waals surface area contributed by atoms with Crippen molar-refractivity contribution in [3.05, 3.63) is 60.3 Å². The Kier molecular flexibility index (Phi) is 2.71. The van der Waals surface area contributed by atoms with Gasteiger partial charge in [-0.3, -0.25) is 4.79 Å². The van der Waals surface area contributed by atoms with E-state index in [9.17, 15) is 9.18 Å². The zero-order valence-electron chi connectivity index (χ0n) is 10.5. The third-order valence-electron chi connectivity index (χ3n) is 3.20. The van der Waals surface area contributed by atoms with Gasteiger partial charge in [0, 0.05) is 31.2 Å². The molecule has 0 N–H and O–H groups in total. The lowest BCUT2D eigenvalue weighted by Gasteiger charge is -2.03. The molecular formula is C15H13FN2O. The summed E-state index contributed by atoms with van der Waals surface area (Å²) in [4.78, 5) is 12.1. The lowest BCUT2D eigenvalue weighted by atomic mass is 10.2. The molecule has 3 nitrogen and oxygen atoms in total. The van der Waals surface area contributed by atoms with Crippen molar-refractivity contribution in [2.24, 2.45) is 7.05 Å². The molecule has 0 aliphatic rings. The molecule has 2 aromatic heterocycles. The van der Waals surface area contributed by atoms with E-state index in [0.29, 0.717) is 5.56 Å². The van der Waals surface area contributed by atoms with E-state index in [2.05, 4.69) is 0 Å². The zero-order chi connectivity index (χ0) is 13.4. The zero-order valence-corrected chi connectivity index (χ0v) is 10.5. The van der Waals surface area contributed by atoms with Crippen LogP contribution < -0.4 is 0 Å². The average Bonchev–Trinajstić information content (AvgIpc) is 2.97. The summed E-state index contributed by atoms with van der Waals surface area (Å²) in [5, 5.41) is 0.933. The Morgan fingerprint density at radius 1 is 1.21 bits per heavy atom. The molecule has 0 saturated carbocycles. The summed E-state index contributed by atoms with van der Waals surface area (Å²) >= 11 is 0. The molecule has 96 valence electrons. The van der Waals surface area contributed by atoms with E-state index in [1.807, 2.05) is 30.1 Å². The molecule has 0 aliphatic heterocycles. The van der Waals surface area contributed by atoms with Crippen molar-refractivity contribution in [1.82, 2.24) is 9.13 Å². The molecule has 19 heavy (non-hydrogen) atoms. The number of ketones is 1.